The smallest absolute Gasteiger partial charge is 0.0234 e. The van der Waals surface area contributed by atoms with Crippen LogP contribution in [0.5, 0.6) is 0 Å². The summed E-state index contributed by atoms with van der Waals surface area (Å²) in [5.41, 5.74) is 1.42. The zero-order valence-electron chi connectivity index (χ0n) is 6.65. The maximum atomic E-state index is 3.64. The predicted molar refractivity (Wildman–Crippen MR) is 43.4 cm³/mol. The summed E-state index contributed by atoms with van der Waals surface area (Å²) in [5.74, 6) is 0.711. The van der Waals surface area contributed by atoms with Crippen LogP contribution in [0.3, 0.4) is 0 Å². The monoisotopic (exact) mass is 124 g/mol. The SMILES string of the molecule is C=C/C=C(\C)C(C)CC. The Balaban J connectivity index is 3.84. The minimum Gasteiger partial charge on any atom is -0.0991 e. The van der Waals surface area contributed by atoms with Gasteiger partial charge in [-0.15, -0.1) is 0 Å². The summed E-state index contributed by atoms with van der Waals surface area (Å²) in [6, 6.07) is 0. The molecule has 0 amide bonds. The summed E-state index contributed by atoms with van der Waals surface area (Å²) in [7, 11) is 0. The van der Waals surface area contributed by atoms with Gasteiger partial charge in [0.25, 0.3) is 0 Å². The first-order valence-corrected chi connectivity index (χ1v) is 3.51. The third-order valence-corrected chi connectivity index (χ3v) is 1.77. The van der Waals surface area contributed by atoms with E-state index in [0.717, 1.165) is 0 Å². The van der Waals surface area contributed by atoms with E-state index in [0.29, 0.717) is 5.92 Å². The van der Waals surface area contributed by atoms with Gasteiger partial charge in [-0.2, -0.15) is 0 Å². The molecule has 0 rings (SSSR count). The lowest BCUT2D eigenvalue weighted by Crippen LogP contribution is -1.91. The van der Waals surface area contributed by atoms with E-state index in [1.54, 1.807) is 0 Å². The summed E-state index contributed by atoms with van der Waals surface area (Å²) in [5, 5.41) is 0. The van der Waals surface area contributed by atoms with E-state index >= 15 is 0 Å². The molecule has 9 heavy (non-hydrogen) atoms. The number of hydrogen-bond donors (Lipinski definition) is 0. The fourth-order valence-electron chi connectivity index (χ4n) is 0.672. The van der Waals surface area contributed by atoms with Crippen molar-refractivity contribution < 1.29 is 0 Å². The van der Waals surface area contributed by atoms with E-state index in [4.69, 9.17) is 0 Å². The summed E-state index contributed by atoms with van der Waals surface area (Å²) in [4.78, 5) is 0. The third-order valence-electron chi connectivity index (χ3n) is 1.77. The molecular formula is C9H16. The second kappa shape index (κ2) is 4.37. The zero-order chi connectivity index (χ0) is 7.28. The lowest BCUT2D eigenvalue weighted by atomic mass is 10.00. The highest BCUT2D eigenvalue weighted by molar-refractivity contribution is 5.09. The summed E-state index contributed by atoms with van der Waals surface area (Å²) >= 11 is 0. The topological polar surface area (TPSA) is 0 Å². The molecule has 0 fully saturated rings. The highest BCUT2D eigenvalue weighted by Crippen LogP contribution is 2.12. The van der Waals surface area contributed by atoms with E-state index in [1.807, 2.05) is 6.08 Å². The molecule has 0 aliphatic rings. The second-order valence-corrected chi connectivity index (χ2v) is 2.46. The van der Waals surface area contributed by atoms with Gasteiger partial charge in [-0.1, -0.05) is 38.2 Å². The van der Waals surface area contributed by atoms with Gasteiger partial charge in [0, 0.05) is 0 Å². The third kappa shape index (κ3) is 3.12. The van der Waals surface area contributed by atoms with Gasteiger partial charge in [-0.05, 0) is 19.3 Å². The first-order valence-electron chi connectivity index (χ1n) is 3.51. The van der Waals surface area contributed by atoms with Crippen molar-refractivity contribution in [1.82, 2.24) is 0 Å². The van der Waals surface area contributed by atoms with Crippen LogP contribution in [0.2, 0.25) is 0 Å². The van der Waals surface area contributed by atoms with Gasteiger partial charge < -0.3 is 0 Å². The fraction of sp³-hybridized carbons (Fsp3) is 0.556. The molecule has 0 aliphatic heterocycles. The standard InChI is InChI=1S/C9H16/c1-5-7-9(4)8(3)6-2/h5,7-8H,1,6H2,2-4H3/b9-7+. The van der Waals surface area contributed by atoms with Crippen LogP contribution in [0.25, 0.3) is 0 Å². The highest BCUT2D eigenvalue weighted by Gasteiger charge is 1.97. The van der Waals surface area contributed by atoms with Crippen molar-refractivity contribution in [2.45, 2.75) is 27.2 Å². The molecule has 0 aromatic carbocycles. The Hall–Kier alpha value is -0.520. The quantitative estimate of drug-likeness (QED) is 0.507. The van der Waals surface area contributed by atoms with Crippen LogP contribution in [0.15, 0.2) is 24.3 Å². The molecule has 0 N–H and O–H groups in total. The second-order valence-electron chi connectivity index (χ2n) is 2.46. The molecule has 0 aromatic rings. The van der Waals surface area contributed by atoms with Crippen LogP contribution in [0.4, 0.5) is 0 Å². The molecule has 0 bridgehead atoms. The Morgan fingerprint density at radius 2 is 2.22 bits per heavy atom. The van der Waals surface area contributed by atoms with Crippen molar-refractivity contribution in [3.8, 4) is 0 Å². The zero-order valence-corrected chi connectivity index (χ0v) is 6.65. The van der Waals surface area contributed by atoms with Gasteiger partial charge in [0.15, 0.2) is 0 Å². The van der Waals surface area contributed by atoms with Crippen molar-refractivity contribution in [2.75, 3.05) is 0 Å². The molecule has 0 heteroatoms. The van der Waals surface area contributed by atoms with Crippen molar-refractivity contribution in [1.29, 1.82) is 0 Å². The summed E-state index contributed by atoms with van der Waals surface area (Å²) in [6.45, 7) is 10.2. The molecule has 0 saturated heterocycles. The lowest BCUT2D eigenvalue weighted by molar-refractivity contribution is 0.656. The maximum absolute atomic E-state index is 3.64. The number of rotatable bonds is 3. The molecule has 0 aliphatic carbocycles. The summed E-state index contributed by atoms with van der Waals surface area (Å²) < 4.78 is 0. The average Bonchev–Trinajstić information content (AvgIpc) is 1.87. The van der Waals surface area contributed by atoms with Crippen LogP contribution in [-0.2, 0) is 0 Å². The van der Waals surface area contributed by atoms with Crippen LogP contribution in [0.1, 0.15) is 27.2 Å². The maximum Gasteiger partial charge on any atom is -0.0234 e. The Labute approximate surface area is 58.3 Å². The van der Waals surface area contributed by atoms with Crippen molar-refractivity contribution in [3.05, 3.63) is 24.3 Å². The van der Waals surface area contributed by atoms with Crippen molar-refractivity contribution in [2.24, 2.45) is 5.92 Å². The van der Waals surface area contributed by atoms with E-state index in [2.05, 4.69) is 33.4 Å². The minimum absolute atomic E-state index is 0.711. The predicted octanol–water partition coefficient (Wildman–Crippen LogP) is 3.16. The molecule has 0 nitrogen and oxygen atoms in total. The normalized spacial score (nSPS) is 15.2. The molecule has 52 valence electrons. The van der Waals surface area contributed by atoms with Crippen LogP contribution >= 0.6 is 0 Å². The molecule has 1 unspecified atom stereocenters. The molecule has 0 aromatic heterocycles. The van der Waals surface area contributed by atoms with Gasteiger partial charge in [0.05, 0.1) is 0 Å². The molecule has 0 saturated carbocycles. The van der Waals surface area contributed by atoms with Crippen LogP contribution in [-0.4, -0.2) is 0 Å². The first kappa shape index (κ1) is 8.48. The van der Waals surface area contributed by atoms with E-state index in [1.165, 1.54) is 12.0 Å². The minimum atomic E-state index is 0.711. The molecule has 0 radical (unpaired) electrons. The number of hydrogen-bond acceptors (Lipinski definition) is 0. The van der Waals surface area contributed by atoms with Crippen LogP contribution in [0, 0.1) is 5.92 Å². The Morgan fingerprint density at radius 3 is 2.56 bits per heavy atom. The Kier molecular flexibility index (Phi) is 4.12. The van der Waals surface area contributed by atoms with Gasteiger partial charge in [0.2, 0.25) is 0 Å². The van der Waals surface area contributed by atoms with Gasteiger partial charge in [0.1, 0.15) is 0 Å². The summed E-state index contributed by atoms with van der Waals surface area (Å²) in [6.07, 6.45) is 5.14. The number of allylic oxidation sites excluding steroid dienone is 3. The van der Waals surface area contributed by atoms with E-state index < -0.39 is 0 Å². The fourth-order valence-corrected chi connectivity index (χ4v) is 0.672. The largest absolute Gasteiger partial charge is 0.0991 e. The van der Waals surface area contributed by atoms with Crippen LogP contribution < -0.4 is 0 Å². The first-order chi connectivity index (χ1) is 4.22. The van der Waals surface area contributed by atoms with Crippen molar-refractivity contribution in [3.63, 3.8) is 0 Å². The Bertz CT molecular complexity index is 109. The van der Waals surface area contributed by atoms with E-state index in [-0.39, 0.29) is 0 Å². The van der Waals surface area contributed by atoms with Crippen molar-refractivity contribution >= 4 is 0 Å². The van der Waals surface area contributed by atoms with Gasteiger partial charge in [-0.25, -0.2) is 0 Å². The lowest BCUT2D eigenvalue weighted by Gasteiger charge is -2.06. The molecule has 1 atom stereocenters. The van der Waals surface area contributed by atoms with Gasteiger partial charge in [-0.3, -0.25) is 0 Å². The highest BCUT2D eigenvalue weighted by atomic mass is 14.0. The molecule has 0 heterocycles. The molecular weight excluding hydrogens is 108 g/mol. The van der Waals surface area contributed by atoms with E-state index in [9.17, 15) is 0 Å². The van der Waals surface area contributed by atoms with Gasteiger partial charge >= 0.3 is 0 Å². The Morgan fingerprint density at radius 1 is 1.67 bits per heavy atom. The average molecular weight is 124 g/mol. The molecule has 0 spiro atoms.